The minimum absolute atomic E-state index is 0.130. The third-order valence-electron chi connectivity index (χ3n) is 3.50. The molecule has 2 heterocycles. The summed E-state index contributed by atoms with van der Waals surface area (Å²) in [6.07, 6.45) is 4.74. The van der Waals surface area contributed by atoms with Crippen molar-refractivity contribution in [1.82, 2.24) is 9.47 Å². The first-order valence-corrected chi connectivity index (χ1v) is 6.22. The average Bonchev–Trinajstić information content (AvgIpc) is 2.84. The molecule has 0 spiro atoms. The summed E-state index contributed by atoms with van der Waals surface area (Å²) in [5.74, 6) is 0.130. The van der Waals surface area contributed by atoms with E-state index in [-0.39, 0.29) is 5.91 Å². The van der Waals surface area contributed by atoms with Crippen molar-refractivity contribution in [2.24, 2.45) is 7.05 Å². The van der Waals surface area contributed by atoms with Gasteiger partial charge in [-0.1, -0.05) is 24.3 Å². The molecule has 1 aromatic heterocycles. The Morgan fingerprint density at radius 2 is 1.94 bits per heavy atom. The molecule has 0 atom stereocenters. The molecule has 92 valence electrons. The number of amides is 1. The quantitative estimate of drug-likeness (QED) is 0.750. The van der Waals surface area contributed by atoms with Gasteiger partial charge >= 0.3 is 0 Å². The van der Waals surface area contributed by atoms with Gasteiger partial charge in [0.1, 0.15) is 0 Å². The fourth-order valence-electron chi connectivity index (χ4n) is 2.48. The fourth-order valence-corrected chi connectivity index (χ4v) is 2.48. The zero-order chi connectivity index (χ0) is 12.5. The van der Waals surface area contributed by atoms with E-state index in [0.717, 1.165) is 25.1 Å². The first-order valence-electron chi connectivity index (χ1n) is 6.22. The Labute approximate surface area is 107 Å². The van der Waals surface area contributed by atoms with Gasteiger partial charge < -0.3 is 9.47 Å². The molecule has 1 aromatic carbocycles. The average molecular weight is 240 g/mol. The monoisotopic (exact) mass is 240 g/mol. The molecule has 0 saturated heterocycles. The Morgan fingerprint density at radius 3 is 2.67 bits per heavy atom. The van der Waals surface area contributed by atoms with Crippen molar-refractivity contribution < 1.29 is 4.79 Å². The van der Waals surface area contributed by atoms with Crippen LogP contribution in [-0.4, -0.2) is 21.9 Å². The van der Waals surface area contributed by atoms with Crippen LogP contribution in [0.4, 0.5) is 0 Å². The molecular weight excluding hydrogens is 224 g/mol. The lowest BCUT2D eigenvalue weighted by molar-refractivity contribution is 0.0734. The molecule has 0 N–H and O–H groups in total. The van der Waals surface area contributed by atoms with Gasteiger partial charge in [0.15, 0.2) is 0 Å². The highest BCUT2D eigenvalue weighted by Crippen LogP contribution is 2.20. The van der Waals surface area contributed by atoms with Crippen molar-refractivity contribution in [3.05, 3.63) is 59.4 Å². The molecule has 0 aliphatic carbocycles. The highest BCUT2D eigenvalue weighted by molar-refractivity contribution is 5.94. The highest BCUT2D eigenvalue weighted by atomic mass is 16.2. The topological polar surface area (TPSA) is 25.2 Å². The molecule has 2 aromatic rings. The van der Waals surface area contributed by atoms with Gasteiger partial charge in [-0.15, -0.1) is 0 Å². The van der Waals surface area contributed by atoms with Crippen molar-refractivity contribution in [1.29, 1.82) is 0 Å². The van der Waals surface area contributed by atoms with E-state index in [0.29, 0.717) is 0 Å². The molecule has 0 radical (unpaired) electrons. The van der Waals surface area contributed by atoms with Crippen LogP contribution in [-0.2, 0) is 20.0 Å². The number of benzene rings is 1. The maximum Gasteiger partial charge on any atom is 0.255 e. The Balaban J connectivity index is 1.82. The summed E-state index contributed by atoms with van der Waals surface area (Å²) in [7, 11) is 1.93. The SMILES string of the molecule is Cn1ccc(C(=O)N2CCc3ccccc3C2)c1. The normalized spacial score (nSPS) is 14.4. The number of hydrogen-bond acceptors (Lipinski definition) is 1. The first kappa shape index (κ1) is 11.1. The van der Waals surface area contributed by atoms with E-state index in [4.69, 9.17) is 0 Å². The zero-order valence-electron chi connectivity index (χ0n) is 10.5. The maximum atomic E-state index is 12.3. The number of aryl methyl sites for hydroxylation is 1. The largest absolute Gasteiger partial charge is 0.356 e. The van der Waals surface area contributed by atoms with Gasteiger partial charge in [-0.2, -0.15) is 0 Å². The van der Waals surface area contributed by atoms with Crippen LogP contribution >= 0.6 is 0 Å². The molecule has 3 nitrogen and oxygen atoms in total. The lowest BCUT2D eigenvalue weighted by atomic mass is 9.99. The van der Waals surface area contributed by atoms with Gasteiger partial charge in [-0.3, -0.25) is 4.79 Å². The fraction of sp³-hybridized carbons (Fsp3) is 0.267. The van der Waals surface area contributed by atoms with Crippen molar-refractivity contribution in [3.8, 4) is 0 Å². The molecule has 1 aliphatic rings. The second-order valence-electron chi connectivity index (χ2n) is 4.81. The smallest absolute Gasteiger partial charge is 0.255 e. The van der Waals surface area contributed by atoms with Crippen LogP contribution < -0.4 is 0 Å². The predicted octanol–water partition coefficient (Wildman–Crippen LogP) is 2.22. The van der Waals surface area contributed by atoms with E-state index in [1.807, 2.05) is 41.0 Å². The summed E-state index contributed by atoms with van der Waals surface area (Å²) in [5, 5.41) is 0. The Morgan fingerprint density at radius 1 is 1.17 bits per heavy atom. The van der Waals surface area contributed by atoms with Crippen molar-refractivity contribution in [2.45, 2.75) is 13.0 Å². The van der Waals surface area contributed by atoms with Gasteiger partial charge in [-0.25, -0.2) is 0 Å². The summed E-state index contributed by atoms with van der Waals surface area (Å²) >= 11 is 0. The predicted molar refractivity (Wildman–Crippen MR) is 70.3 cm³/mol. The third kappa shape index (κ3) is 1.92. The van der Waals surface area contributed by atoms with Crippen molar-refractivity contribution in [2.75, 3.05) is 6.54 Å². The van der Waals surface area contributed by atoms with Gasteiger partial charge in [0.05, 0.1) is 5.56 Å². The number of carbonyl (C=O) groups is 1. The number of aromatic nitrogens is 1. The minimum Gasteiger partial charge on any atom is -0.356 e. The standard InChI is InChI=1S/C15H16N2O/c1-16-8-6-14(10-16)15(18)17-9-7-12-4-2-3-5-13(12)11-17/h2-6,8,10H,7,9,11H2,1H3. The van der Waals surface area contributed by atoms with Gasteiger partial charge in [0.2, 0.25) is 0 Å². The summed E-state index contributed by atoms with van der Waals surface area (Å²) in [5.41, 5.74) is 3.42. The van der Waals surface area contributed by atoms with Crippen LogP contribution in [0.5, 0.6) is 0 Å². The van der Waals surface area contributed by atoms with E-state index in [1.54, 1.807) is 0 Å². The van der Waals surface area contributed by atoms with E-state index in [1.165, 1.54) is 11.1 Å². The number of carbonyl (C=O) groups excluding carboxylic acids is 1. The van der Waals surface area contributed by atoms with E-state index >= 15 is 0 Å². The molecule has 1 amide bonds. The molecule has 1 aliphatic heterocycles. The second kappa shape index (κ2) is 4.33. The lowest BCUT2D eigenvalue weighted by Gasteiger charge is -2.28. The number of fused-ring (bicyclic) bond motifs is 1. The Hall–Kier alpha value is -2.03. The molecule has 0 saturated carbocycles. The molecule has 18 heavy (non-hydrogen) atoms. The number of rotatable bonds is 1. The maximum absolute atomic E-state index is 12.3. The van der Waals surface area contributed by atoms with Crippen LogP contribution in [0.3, 0.4) is 0 Å². The first-order chi connectivity index (χ1) is 8.74. The lowest BCUT2D eigenvalue weighted by Crippen LogP contribution is -2.35. The van der Waals surface area contributed by atoms with E-state index in [2.05, 4.69) is 18.2 Å². The molecule has 0 fully saturated rings. The summed E-state index contributed by atoms with van der Waals surface area (Å²) in [4.78, 5) is 14.3. The van der Waals surface area contributed by atoms with Crippen LogP contribution in [0, 0.1) is 0 Å². The Bertz CT molecular complexity index is 586. The van der Waals surface area contributed by atoms with Gasteiger partial charge in [0.25, 0.3) is 5.91 Å². The van der Waals surface area contributed by atoms with E-state index in [9.17, 15) is 4.79 Å². The molecular formula is C15H16N2O. The second-order valence-corrected chi connectivity index (χ2v) is 4.81. The molecule has 3 rings (SSSR count). The van der Waals surface area contributed by atoms with Crippen LogP contribution in [0.25, 0.3) is 0 Å². The molecule has 0 unspecified atom stereocenters. The number of hydrogen-bond donors (Lipinski definition) is 0. The van der Waals surface area contributed by atoms with Crippen LogP contribution in [0.1, 0.15) is 21.5 Å². The van der Waals surface area contributed by atoms with Crippen LogP contribution in [0.2, 0.25) is 0 Å². The highest BCUT2D eigenvalue weighted by Gasteiger charge is 2.21. The van der Waals surface area contributed by atoms with Gasteiger partial charge in [-0.05, 0) is 23.6 Å². The molecule has 3 heteroatoms. The third-order valence-corrected chi connectivity index (χ3v) is 3.50. The summed E-state index contributed by atoms with van der Waals surface area (Å²) in [6.45, 7) is 1.54. The van der Waals surface area contributed by atoms with Gasteiger partial charge in [0, 0.05) is 32.5 Å². The minimum atomic E-state index is 0.130. The molecule has 0 bridgehead atoms. The zero-order valence-corrected chi connectivity index (χ0v) is 10.5. The summed E-state index contributed by atoms with van der Waals surface area (Å²) < 4.78 is 1.91. The van der Waals surface area contributed by atoms with E-state index < -0.39 is 0 Å². The Kier molecular flexibility index (Phi) is 2.67. The van der Waals surface area contributed by atoms with Crippen molar-refractivity contribution in [3.63, 3.8) is 0 Å². The number of nitrogens with zero attached hydrogens (tertiary/aromatic N) is 2. The van der Waals surface area contributed by atoms with Crippen molar-refractivity contribution >= 4 is 5.91 Å². The van der Waals surface area contributed by atoms with Crippen LogP contribution in [0.15, 0.2) is 42.7 Å². The summed E-state index contributed by atoms with van der Waals surface area (Å²) in [6, 6.07) is 10.2.